The van der Waals surface area contributed by atoms with Crippen LogP contribution in [0, 0.1) is 5.82 Å². The maximum atomic E-state index is 14.6. The van der Waals surface area contributed by atoms with Crippen molar-refractivity contribution in [2.75, 3.05) is 7.11 Å². The minimum atomic E-state index is -4.99. The number of hydrogen-bond acceptors (Lipinski definition) is 8. The first-order chi connectivity index (χ1) is 16.3. The third-order valence-corrected chi connectivity index (χ3v) is 4.80. The zero-order valence-corrected chi connectivity index (χ0v) is 18.8. The van der Waals surface area contributed by atoms with Gasteiger partial charge in [-0.1, -0.05) is 11.6 Å². The molecule has 0 fully saturated rings. The number of rotatable bonds is 6. The van der Waals surface area contributed by atoms with Gasteiger partial charge in [0.1, 0.15) is 11.5 Å². The summed E-state index contributed by atoms with van der Waals surface area (Å²) in [5.41, 5.74) is -5.10. The molecule has 0 bridgehead atoms. The quantitative estimate of drug-likeness (QED) is 0.361. The highest BCUT2D eigenvalue weighted by atomic mass is 35.5. The zero-order valence-electron chi connectivity index (χ0n) is 18.1. The van der Waals surface area contributed by atoms with Crippen molar-refractivity contribution in [1.29, 1.82) is 0 Å². The highest BCUT2D eigenvalue weighted by Gasteiger charge is 2.35. The average molecular weight is 519 g/mol. The van der Waals surface area contributed by atoms with E-state index in [1.807, 2.05) is 0 Å². The van der Waals surface area contributed by atoms with Crippen molar-refractivity contribution in [3.05, 3.63) is 68.0 Å². The Balaban J connectivity index is 1.97. The SMILES string of the molecule is COC(=O)C(C)Oc1cnc(Oc2cc(-n3c(=O)cc(C(F)(F)F)n(C)c3=O)c(F)cc2Cl)nc1. The molecule has 1 unspecified atom stereocenters. The molecular weight excluding hydrogens is 504 g/mol. The standard InChI is InChI=1S/C20H15ClF4N4O6/c1-9(17(31)33-3)34-10-7-26-18(27-8-10)35-14-5-13(12(22)4-11(14)21)29-16(30)6-15(20(23,24)25)28(2)19(29)32/h4-9H,1-3H3. The first kappa shape index (κ1) is 25.7. The Hall–Kier alpha value is -3.94. The van der Waals surface area contributed by atoms with Crippen molar-refractivity contribution >= 4 is 17.6 Å². The van der Waals surface area contributed by atoms with Crippen LogP contribution in [0.1, 0.15) is 12.6 Å². The first-order valence-corrected chi connectivity index (χ1v) is 9.85. The molecule has 1 atom stereocenters. The molecule has 0 saturated carbocycles. The Morgan fingerprint density at radius 2 is 1.77 bits per heavy atom. The van der Waals surface area contributed by atoms with Crippen LogP contribution in [-0.4, -0.2) is 38.3 Å². The fourth-order valence-electron chi connectivity index (χ4n) is 2.82. The molecule has 0 aliphatic rings. The number of aromatic nitrogens is 4. The lowest BCUT2D eigenvalue weighted by Crippen LogP contribution is -2.41. The van der Waals surface area contributed by atoms with Crippen LogP contribution in [0.2, 0.25) is 5.02 Å². The predicted molar refractivity (Wildman–Crippen MR) is 111 cm³/mol. The molecule has 15 heteroatoms. The van der Waals surface area contributed by atoms with Crippen molar-refractivity contribution in [1.82, 2.24) is 19.1 Å². The Bertz CT molecular complexity index is 1390. The van der Waals surface area contributed by atoms with Gasteiger partial charge in [0.05, 0.1) is 30.2 Å². The molecule has 0 saturated heterocycles. The molecule has 0 N–H and O–H groups in total. The number of hydrogen-bond donors (Lipinski definition) is 0. The van der Waals surface area contributed by atoms with E-state index in [0.717, 1.165) is 25.5 Å². The van der Waals surface area contributed by atoms with E-state index >= 15 is 0 Å². The van der Waals surface area contributed by atoms with Crippen LogP contribution in [0.4, 0.5) is 17.6 Å². The molecule has 2 heterocycles. The number of halogens is 5. The van der Waals surface area contributed by atoms with Crippen molar-refractivity contribution in [3.63, 3.8) is 0 Å². The van der Waals surface area contributed by atoms with Gasteiger partial charge in [0, 0.05) is 19.2 Å². The van der Waals surface area contributed by atoms with Crippen molar-refractivity contribution < 1.29 is 36.6 Å². The van der Waals surface area contributed by atoms with Crippen LogP contribution in [0.3, 0.4) is 0 Å². The summed E-state index contributed by atoms with van der Waals surface area (Å²) in [6.45, 7) is 1.43. The van der Waals surface area contributed by atoms with E-state index in [1.165, 1.54) is 14.0 Å². The molecular formula is C20H15ClF4N4O6. The number of ether oxygens (including phenoxy) is 3. The van der Waals surface area contributed by atoms with Crippen LogP contribution in [0.5, 0.6) is 17.5 Å². The van der Waals surface area contributed by atoms with Crippen molar-refractivity contribution in [2.24, 2.45) is 7.05 Å². The number of esters is 1. The molecule has 35 heavy (non-hydrogen) atoms. The monoisotopic (exact) mass is 518 g/mol. The van der Waals surface area contributed by atoms with Gasteiger partial charge in [-0.25, -0.2) is 18.5 Å². The van der Waals surface area contributed by atoms with Gasteiger partial charge in [-0.2, -0.15) is 23.1 Å². The molecule has 2 aromatic heterocycles. The second-order valence-corrected chi connectivity index (χ2v) is 7.27. The Labute approximate surface area is 198 Å². The molecule has 0 aliphatic heterocycles. The minimum Gasteiger partial charge on any atom is -0.476 e. The molecule has 10 nitrogen and oxygen atoms in total. The summed E-state index contributed by atoms with van der Waals surface area (Å²) in [7, 11) is 1.97. The number of carbonyl (C=O) groups excluding carboxylic acids is 1. The lowest BCUT2D eigenvalue weighted by atomic mass is 10.2. The average Bonchev–Trinajstić information content (AvgIpc) is 2.79. The predicted octanol–water partition coefficient (Wildman–Crippen LogP) is 2.87. The Kier molecular flexibility index (Phi) is 7.14. The summed E-state index contributed by atoms with van der Waals surface area (Å²) in [6.07, 6.45) is -3.64. The van der Waals surface area contributed by atoms with E-state index in [4.69, 9.17) is 21.1 Å². The van der Waals surface area contributed by atoms with E-state index in [0.29, 0.717) is 6.07 Å². The molecule has 3 rings (SSSR count). The number of carbonyl (C=O) groups is 1. The van der Waals surface area contributed by atoms with Gasteiger partial charge in [0.25, 0.3) is 5.56 Å². The summed E-state index contributed by atoms with van der Waals surface area (Å²) in [5.74, 6) is -2.04. The molecule has 1 aromatic carbocycles. The summed E-state index contributed by atoms with van der Waals surface area (Å²) >= 11 is 5.97. The van der Waals surface area contributed by atoms with Gasteiger partial charge in [-0.3, -0.25) is 9.36 Å². The number of nitrogens with zero attached hydrogens (tertiary/aromatic N) is 4. The fourth-order valence-corrected chi connectivity index (χ4v) is 3.01. The maximum absolute atomic E-state index is 14.6. The second-order valence-electron chi connectivity index (χ2n) is 6.86. The Morgan fingerprint density at radius 3 is 2.34 bits per heavy atom. The lowest BCUT2D eigenvalue weighted by Gasteiger charge is -2.15. The van der Waals surface area contributed by atoms with E-state index in [9.17, 15) is 31.9 Å². The topological polar surface area (TPSA) is 115 Å². The summed E-state index contributed by atoms with van der Waals surface area (Å²) < 4.78 is 69.3. The largest absolute Gasteiger partial charge is 0.476 e. The minimum absolute atomic E-state index is 0.0842. The van der Waals surface area contributed by atoms with Crippen LogP contribution >= 0.6 is 11.6 Å². The lowest BCUT2D eigenvalue weighted by molar-refractivity contribution is -0.148. The van der Waals surface area contributed by atoms with Crippen LogP contribution in [0.15, 0.2) is 40.2 Å². The van der Waals surface area contributed by atoms with E-state index in [1.54, 1.807) is 0 Å². The van der Waals surface area contributed by atoms with E-state index in [-0.39, 0.29) is 37.7 Å². The molecule has 3 aromatic rings. The van der Waals surface area contributed by atoms with Gasteiger partial charge in [-0.15, -0.1) is 0 Å². The summed E-state index contributed by atoms with van der Waals surface area (Å²) in [5, 5.41) is -0.314. The highest BCUT2D eigenvalue weighted by molar-refractivity contribution is 6.32. The van der Waals surface area contributed by atoms with Crippen LogP contribution < -0.4 is 20.7 Å². The zero-order chi connectivity index (χ0) is 26.1. The first-order valence-electron chi connectivity index (χ1n) is 9.47. The number of methoxy groups -OCH3 is 1. The molecule has 0 amide bonds. The third-order valence-electron chi connectivity index (χ3n) is 4.50. The fraction of sp³-hybridized carbons (Fsp3) is 0.250. The summed E-state index contributed by atoms with van der Waals surface area (Å²) in [6, 6.07) is 1.37. The number of alkyl halides is 3. The highest BCUT2D eigenvalue weighted by Crippen LogP contribution is 2.32. The Morgan fingerprint density at radius 1 is 1.14 bits per heavy atom. The molecule has 0 spiro atoms. The molecule has 0 aliphatic carbocycles. The van der Waals surface area contributed by atoms with Crippen LogP contribution in [0.25, 0.3) is 5.69 Å². The van der Waals surface area contributed by atoms with Gasteiger partial charge in [0.15, 0.2) is 17.6 Å². The third kappa shape index (κ3) is 5.42. The van der Waals surface area contributed by atoms with Crippen molar-refractivity contribution in [3.8, 4) is 23.2 Å². The molecule has 186 valence electrons. The maximum Gasteiger partial charge on any atom is 0.431 e. The van der Waals surface area contributed by atoms with Gasteiger partial charge in [-0.05, 0) is 13.0 Å². The van der Waals surface area contributed by atoms with Gasteiger partial charge < -0.3 is 14.2 Å². The smallest absolute Gasteiger partial charge is 0.431 e. The van der Waals surface area contributed by atoms with Gasteiger partial charge in [0.2, 0.25) is 0 Å². The van der Waals surface area contributed by atoms with E-state index in [2.05, 4.69) is 14.7 Å². The van der Waals surface area contributed by atoms with Crippen LogP contribution in [-0.2, 0) is 22.8 Å². The summed E-state index contributed by atoms with van der Waals surface area (Å²) in [4.78, 5) is 43.9. The second kappa shape index (κ2) is 9.74. The van der Waals surface area contributed by atoms with Crippen molar-refractivity contribution in [2.45, 2.75) is 19.2 Å². The van der Waals surface area contributed by atoms with Gasteiger partial charge >= 0.3 is 23.8 Å². The molecule has 0 radical (unpaired) electrons. The normalized spacial score (nSPS) is 12.2. The number of benzene rings is 1. The van der Waals surface area contributed by atoms with E-state index < -0.39 is 46.7 Å².